The standard InChI is InChI=1S/C18H21ClN4O/c1-12-15(13-3-7-20-16(19)9-13)10-14(11-22-12)23-17(24)21-8-6-18(2)4-5-18/h3,7,9-11H,4-6,8H2,1-2H3,(H2,21,23,24). The number of hydrogen-bond acceptors (Lipinski definition) is 3. The minimum absolute atomic E-state index is 0.205. The number of halogens is 1. The van der Waals surface area contributed by atoms with Crippen molar-refractivity contribution in [2.45, 2.75) is 33.1 Å². The normalized spacial score (nSPS) is 15.0. The average molecular weight is 345 g/mol. The van der Waals surface area contributed by atoms with Crippen molar-refractivity contribution in [1.82, 2.24) is 15.3 Å². The first-order valence-corrected chi connectivity index (χ1v) is 8.46. The number of pyridine rings is 2. The van der Waals surface area contributed by atoms with Crippen molar-refractivity contribution in [3.63, 3.8) is 0 Å². The summed E-state index contributed by atoms with van der Waals surface area (Å²) in [5.74, 6) is 0. The third-order valence-corrected chi connectivity index (χ3v) is 4.71. The molecule has 0 aromatic carbocycles. The van der Waals surface area contributed by atoms with Gasteiger partial charge < -0.3 is 10.6 Å². The molecule has 1 aliphatic rings. The summed E-state index contributed by atoms with van der Waals surface area (Å²) in [6.45, 7) is 4.86. The first kappa shape index (κ1) is 16.7. The van der Waals surface area contributed by atoms with Crippen LogP contribution in [0.4, 0.5) is 10.5 Å². The van der Waals surface area contributed by atoms with Crippen molar-refractivity contribution in [1.29, 1.82) is 0 Å². The summed E-state index contributed by atoms with van der Waals surface area (Å²) >= 11 is 5.96. The molecule has 0 bridgehead atoms. The van der Waals surface area contributed by atoms with Gasteiger partial charge in [-0.25, -0.2) is 9.78 Å². The molecule has 0 saturated heterocycles. The maximum Gasteiger partial charge on any atom is 0.319 e. The Bertz CT molecular complexity index is 758. The molecule has 2 amide bonds. The van der Waals surface area contributed by atoms with E-state index >= 15 is 0 Å². The van der Waals surface area contributed by atoms with Crippen LogP contribution in [0.1, 0.15) is 31.9 Å². The van der Waals surface area contributed by atoms with Gasteiger partial charge in [-0.15, -0.1) is 0 Å². The zero-order valence-corrected chi connectivity index (χ0v) is 14.7. The SMILES string of the molecule is Cc1ncc(NC(=O)NCCC2(C)CC2)cc1-c1ccnc(Cl)c1. The van der Waals surface area contributed by atoms with Gasteiger partial charge in [0.05, 0.1) is 11.9 Å². The molecule has 5 nitrogen and oxygen atoms in total. The van der Waals surface area contributed by atoms with Crippen LogP contribution in [0, 0.1) is 12.3 Å². The number of hydrogen-bond donors (Lipinski definition) is 2. The monoisotopic (exact) mass is 344 g/mol. The zero-order chi connectivity index (χ0) is 17.2. The summed E-state index contributed by atoms with van der Waals surface area (Å²) in [5.41, 5.74) is 3.80. The number of anilines is 1. The summed E-state index contributed by atoms with van der Waals surface area (Å²) in [7, 11) is 0. The molecule has 0 spiro atoms. The lowest BCUT2D eigenvalue weighted by Gasteiger charge is -2.12. The van der Waals surface area contributed by atoms with Crippen LogP contribution >= 0.6 is 11.6 Å². The molecule has 6 heteroatoms. The van der Waals surface area contributed by atoms with Gasteiger partial charge in [0, 0.05) is 24.0 Å². The number of urea groups is 1. The second-order valence-electron chi connectivity index (χ2n) is 6.67. The highest BCUT2D eigenvalue weighted by Gasteiger charge is 2.36. The first-order chi connectivity index (χ1) is 11.5. The molecule has 24 heavy (non-hydrogen) atoms. The predicted molar refractivity (Wildman–Crippen MR) is 96.2 cm³/mol. The van der Waals surface area contributed by atoms with Gasteiger partial charge >= 0.3 is 6.03 Å². The first-order valence-electron chi connectivity index (χ1n) is 8.09. The summed E-state index contributed by atoms with van der Waals surface area (Å²) in [4.78, 5) is 20.4. The molecule has 0 unspecified atom stereocenters. The van der Waals surface area contributed by atoms with Crippen LogP contribution in [0.3, 0.4) is 0 Å². The van der Waals surface area contributed by atoms with Crippen molar-refractivity contribution in [2.24, 2.45) is 5.41 Å². The number of aryl methyl sites for hydroxylation is 1. The Kier molecular flexibility index (Phi) is 4.71. The minimum Gasteiger partial charge on any atom is -0.338 e. The fourth-order valence-electron chi connectivity index (χ4n) is 2.58. The molecule has 126 valence electrons. The second-order valence-corrected chi connectivity index (χ2v) is 7.05. The van der Waals surface area contributed by atoms with E-state index < -0.39 is 0 Å². The Morgan fingerprint density at radius 2 is 2.12 bits per heavy atom. The molecule has 3 rings (SSSR count). The van der Waals surface area contributed by atoms with Crippen LogP contribution < -0.4 is 10.6 Å². The lowest BCUT2D eigenvalue weighted by atomic mass is 10.1. The van der Waals surface area contributed by atoms with Gasteiger partial charge in [0.1, 0.15) is 5.15 Å². The molecule has 1 aliphatic carbocycles. The molecule has 1 saturated carbocycles. The maximum absolute atomic E-state index is 12.0. The predicted octanol–water partition coefficient (Wildman–Crippen LogP) is 4.42. The van der Waals surface area contributed by atoms with E-state index in [2.05, 4.69) is 27.5 Å². The molecule has 1 fully saturated rings. The van der Waals surface area contributed by atoms with Crippen LogP contribution in [0.15, 0.2) is 30.6 Å². The minimum atomic E-state index is -0.205. The maximum atomic E-state index is 12.0. The highest BCUT2D eigenvalue weighted by molar-refractivity contribution is 6.29. The van der Waals surface area contributed by atoms with Gasteiger partial charge in [-0.2, -0.15) is 0 Å². The van der Waals surface area contributed by atoms with Crippen molar-refractivity contribution in [2.75, 3.05) is 11.9 Å². The van der Waals surface area contributed by atoms with Crippen molar-refractivity contribution in [3.8, 4) is 11.1 Å². The van der Waals surface area contributed by atoms with Gasteiger partial charge in [-0.1, -0.05) is 18.5 Å². The van der Waals surface area contributed by atoms with Crippen molar-refractivity contribution < 1.29 is 4.79 Å². The molecule has 2 N–H and O–H groups in total. The number of amides is 2. The summed E-state index contributed by atoms with van der Waals surface area (Å²) in [6.07, 6.45) is 6.85. The van der Waals surface area contributed by atoms with Gasteiger partial charge in [0.2, 0.25) is 0 Å². The van der Waals surface area contributed by atoms with E-state index in [0.29, 0.717) is 22.8 Å². The van der Waals surface area contributed by atoms with E-state index in [1.54, 1.807) is 18.5 Å². The zero-order valence-electron chi connectivity index (χ0n) is 13.9. The number of nitrogens with zero attached hydrogens (tertiary/aromatic N) is 2. The third kappa shape index (κ3) is 4.23. The molecular weight excluding hydrogens is 324 g/mol. The van der Waals surface area contributed by atoms with E-state index in [9.17, 15) is 4.79 Å². The van der Waals surface area contributed by atoms with Crippen LogP contribution in [0.25, 0.3) is 11.1 Å². The lowest BCUT2D eigenvalue weighted by Crippen LogP contribution is -2.30. The smallest absolute Gasteiger partial charge is 0.319 e. The topological polar surface area (TPSA) is 66.9 Å². The van der Waals surface area contributed by atoms with E-state index in [1.165, 1.54) is 12.8 Å². The van der Waals surface area contributed by atoms with Gasteiger partial charge in [0.25, 0.3) is 0 Å². The molecule has 0 atom stereocenters. The quantitative estimate of drug-likeness (QED) is 0.789. The van der Waals surface area contributed by atoms with Gasteiger partial charge in [0.15, 0.2) is 0 Å². The highest BCUT2D eigenvalue weighted by atomic mass is 35.5. The van der Waals surface area contributed by atoms with Gasteiger partial charge in [-0.05, 0) is 55.4 Å². The third-order valence-electron chi connectivity index (χ3n) is 4.50. The summed E-state index contributed by atoms with van der Waals surface area (Å²) < 4.78 is 0. The number of aromatic nitrogens is 2. The van der Waals surface area contributed by atoms with Crippen LogP contribution in [0.5, 0.6) is 0 Å². The van der Waals surface area contributed by atoms with Crippen LogP contribution in [0.2, 0.25) is 5.15 Å². The van der Waals surface area contributed by atoms with Crippen molar-refractivity contribution in [3.05, 3.63) is 41.4 Å². The number of carbonyl (C=O) groups is 1. The van der Waals surface area contributed by atoms with Crippen LogP contribution in [-0.2, 0) is 0 Å². The van der Waals surface area contributed by atoms with Crippen molar-refractivity contribution >= 4 is 23.3 Å². The average Bonchev–Trinajstić information content (AvgIpc) is 3.27. The van der Waals surface area contributed by atoms with E-state index in [0.717, 1.165) is 23.2 Å². The molecule has 2 aromatic heterocycles. The second kappa shape index (κ2) is 6.77. The van der Waals surface area contributed by atoms with E-state index in [-0.39, 0.29) is 6.03 Å². The Morgan fingerprint density at radius 1 is 1.33 bits per heavy atom. The van der Waals surface area contributed by atoms with E-state index in [1.807, 2.05) is 19.1 Å². The van der Waals surface area contributed by atoms with E-state index in [4.69, 9.17) is 11.6 Å². The molecule has 0 aliphatic heterocycles. The van der Waals surface area contributed by atoms with Crippen LogP contribution in [-0.4, -0.2) is 22.5 Å². The Balaban J connectivity index is 1.65. The summed E-state index contributed by atoms with van der Waals surface area (Å²) in [5, 5.41) is 6.17. The summed E-state index contributed by atoms with van der Waals surface area (Å²) in [6, 6.07) is 5.35. The Hall–Kier alpha value is -2.14. The molecule has 0 radical (unpaired) electrons. The molecule has 2 heterocycles. The Labute approximate surface area is 146 Å². The fraction of sp³-hybridized carbons (Fsp3) is 0.389. The lowest BCUT2D eigenvalue weighted by molar-refractivity contribution is 0.251. The van der Waals surface area contributed by atoms with Gasteiger partial charge in [-0.3, -0.25) is 4.98 Å². The number of nitrogens with one attached hydrogen (secondary N) is 2. The molecule has 2 aromatic rings. The highest BCUT2D eigenvalue weighted by Crippen LogP contribution is 2.47. The molecular formula is C18H21ClN4O. The number of carbonyl (C=O) groups excluding carboxylic acids is 1. The largest absolute Gasteiger partial charge is 0.338 e. The fourth-order valence-corrected chi connectivity index (χ4v) is 2.75. The number of rotatable bonds is 5. The Morgan fingerprint density at radius 3 is 2.83 bits per heavy atom.